The van der Waals surface area contributed by atoms with Gasteiger partial charge in [-0.3, -0.25) is 4.90 Å². The number of fused-ring (bicyclic) bond motifs is 1. The highest BCUT2D eigenvalue weighted by molar-refractivity contribution is 5.67. The average Bonchev–Trinajstić information content (AvgIpc) is 2.94. The molecule has 0 spiro atoms. The summed E-state index contributed by atoms with van der Waals surface area (Å²) in [4.78, 5) is 19.8. The van der Waals surface area contributed by atoms with Crippen LogP contribution in [0.25, 0.3) is 0 Å². The highest BCUT2D eigenvalue weighted by Gasteiger charge is 2.49. The van der Waals surface area contributed by atoms with Gasteiger partial charge in [0.05, 0.1) is 0 Å². The van der Waals surface area contributed by atoms with Crippen LogP contribution in [0, 0.1) is 5.92 Å². The molecule has 2 aliphatic rings. The maximum Gasteiger partial charge on any atom is 0.409 e. The van der Waals surface area contributed by atoms with Gasteiger partial charge in [-0.2, -0.15) is 4.94 Å². The highest BCUT2D eigenvalue weighted by atomic mass is 19.3. The largest absolute Gasteiger partial charge is 0.448 e. The number of nitrogens with zero attached hydrogens (tertiary/aromatic N) is 2. The van der Waals surface area contributed by atoms with Crippen LogP contribution >= 0.6 is 0 Å². The fraction of sp³-hybridized carbons (Fsp3) is 0.933. The minimum atomic E-state index is -0.276. The van der Waals surface area contributed by atoms with Crippen LogP contribution in [-0.2, 0) is 9.68 Å². The summed E-state index contributed by atoms with van der Waals surface area (Å²) >= 11 is 0. The van der Waals surface area contributed by atoms with Crippen LogP contribution in [0.15, 0.2) is 0 Å². The third-order valence-electron chi connectivity index (χ3n) is 4.71. The zero-order valence-corrected chi connectivity index (χ0v) is 13.3. The Morgan fingerprint density at radius 2 is 2.24 bits per heavy atom. The first-order valence-corrected chi connectivity index (χ1v) is 7.87. The molecule has 0 aliphatic carbocycles. The highest BCUT2D eigenvalue weighted by Crippen LogP contribution is 2.42. The van der Waals surface area contributed by atoms with Crippen molar-refractivity contribution in [2.75, 3.05) is 33.4 Å². The van der Waals surface area contributed by atoms with Gasteiger partial charge in [0.2, 0.25) is 0 Å². The Hall–Kier alpha value is -0.880. The van der Waals surface area contributed by atoms with Gasteiger partial charge in [0.15, 0.2) is 0 Å². The lowest BCUT2D eigenvalue weighted by Crippen LogP contribution is -2.47. The quantitative estimate of drug-likeness (QED) is 0.756. The van der Waals surface area contributed by atoms with E-state index in [1.807, 2.05) is 0 Å². The maximum atomic E-state index is 12.3. The molecule has 2 atom stereocenters. The Kier molecular flexibility index (Phi) is 5.43. The van der Waals surface area contributed by atoms with Gasteiger partial charge >= 0.3 is 6.09 Å². The molecule has 0 N–H and O–H groups in total. The monoisotopic (exact) mass is 302 g/mol. The topological polar surface area (TPSA) is 42.0 Å². The molecule has 2 aliphatic heterocycles. The minimum Gasteiger partial charge on any atom is -0.448 e. The second kappa shape index (κ2) is 6.92. The van der Waals surface area contributed by atoms with E-state index in [4.69, 9.17) is 4.74 Å². The first-order chi connectivity index (χ1) is 9.98. The number of amides is 1. The van der Waals surface area contributed by atoms with E-state index in [1.54, 1.807) is 11.9 Å². The number of halogens is 1. The molecule has 0 bridgehead atoms. The second-order valence-corrected chi connectivity index (χ2v) is 6.82. The summed E-state index contributed by atoms with van der Waals surface area (Å²) in [6.07, 6.45) is 3.60. The third kappa shape index (κ3) is 3.66. The molecule has 21 heavy (non-hydrogen) atoms. The number of rotatable bonds is 6. The van der Waals surface area contributed by atoms with E-state index in [2.05, 4.69) is 23.7 Å². The second-order valence-electron chi connectivity index (χ2n) is 6.82. The minimum absolute atomic E-state index is 0.130. The van der Waals surface area contributed by atoms with Crippen molar-refractivity contribution in [1.29, 1.82) is 0 Å². The van der Waals surface area contributed by atoms with Gasteiger partial charge < -0.3 is 9.64 Å². The SMILES string of the molecule is CC(C)CN(C)C(=O)OCC1CCC2(COF)CCCN12. The van der Waals surface area contributed by atoms with E-state index in [0.29, 0.717) is 19.1 Å². The van der Waals surface area contributed by atoms with E-state index in [0.717, 1.165) is 32.2 Å². The van der Waals surface area contributed by atoms with Crippen molar-refractivity contribution < 1.29 is 19.0 Å². The first-order valence-electron chi connectivity index (χ1n) is 7.87. The van der Waals surface area contributed by atoms with E-state index >= 15 is 0 Å². The summed E-state index contributed by atoms with van der Waals surface area (Å²) < 4.78 is 17.8. The Labute approximate surface area is 126 Å². The maximum absolute atomic E-state index is 12.3. The fourth-order valence-electron chi connectivity index (χ4n) is 3.79. The van der Waals surface area contributed by atoms with E-state index in [-0.39, 0.29) is 24.3 Å². The summed E-state index contributed by atoms with van der Waals surface area (Å²) in [5, 5.41) is 0. The Morgan fingerprint density at radius 1 is 1.48 bits per heavy atom. The molecule has 0 saturated carbocycles. The number of hydrogen-bond acceptors (Lipinski definition) is 4. The summed E-state index contributed by atoms with van der Waals surface area (Å²) in [5.74, 6) is 0.418. The number of carbonyl (C=O) groups excluding carboxylic acids is 1. The van der Waals surface area contributed by atoms with Crippen molar-refractivity contribution in [2.45, 2.75) is 51.1 Å². The van der Waals surface area contributed by atoms with Gasteiger partial charge in [0.1, 0.15) is 13.2 Å². The van der Waals surface area contributed by atoms with Crippen LogP contribution in [0.5, 0.6) is 0 Å². The van der Waals surface area contributed by atoms with Crippen molar-refractivity contribution in [2.24, 2.45) is 5.92 Å². The molecule has 5 nitrogen and oxygen atoms in total. The first kappa shape index (κ1) is 16.5. The molecule has 2 fully saturated rings. The molecule has 1 amide bonds. The molecular formula is C15H27FN2O3. The van der Waals surface area contributed by atoms with Crippen molar-refractivity contribution >= 4 is 6.09 Å². The fourth-order valence-corrected chi connectivity index (χ4v) is 3.79. The smallest absolute Gasteiger partial charge is 0.409 e. The summed E-state index contributed by atoms with van der Waals surface area (Å²) in [6.45, 7) is 6.27. The van der Waals surface area contributed by atoms with Crippen LogP contribution < -0.4 is 0 Å². The van der Waals surface area contributed by atoms with Crippen molar-refractivity contribution in [3.05, 3.63) is 0 Å². The van der Waals surface area contributed by atoms with Gasteiger partial charge in [-0.1, -0.05) is 13.8 Å². The van der Waals surface area contributed by atoms with Gasteiger partial charge in [-0.05, 0) is 42.7 Å². The lowest BCUT2D eigenvalue weighted by molar-refractivity contribution is -0.163. The van der Waals surface area contributed by atoms with E-state index < -0.39 is 0 Å². The summed E-state index contributed by atoms with van der Waals surface area (Å²) in [5.41, 5.74) is -0.171. The van der Waals surface area contributed by atoms with Crippen LogP contribution in [0.3, 0.4) is 0 Å². The van der Waals surface area contributed by atoms with Crippen LogP contribution in [0.2, 0.25) is 0 Å². The molecule has 2 heterocycles. The van der Waals surface area contributed by atoms with E-state index in [1.165, 1.54) is 0 Å². The summed E-state index contributed by atoms with van der Waals surface area (Å²) in [6, 6.07) is 0.194. The van der Waals surface area contributed by atoms with E-state index in [9.17, 15) is 9.32 Å². The van der Waals surface area contributed by atoms with Crippen LogP contribution in [-0.4, -0.2) is 60.8 Å². The molecule has 0 aromatic rings. The third-order valence-corrected chi connectivity index (χ3v) is 4.71. The lowest BCUT2D eigenvalue weighted by Gasteiger charge is -2.33. The molecule has 6 heteroatoms. The van der Waals surface area contributed by atoms with Gasteiger partial charge in [0, 0.05) is 25.2 Å². The molecule has 2 saturated heterocycles. The molecular weight excluding hydrogens is 275 g/mol. The zero-order chi connectivity index (χ0) is 15.5. The van der Waals surface area contributed by atoms with Crippen molar-refractivity contribution in [3.63, 3.8) is 0 Å². The van der Waals surface area contributed by atoms with Gasteiger partial charge in [-0.15, -0.1) is 0 Å². The molecule has 0 aromatic carbocycles. The Bertz CT molecular complexity index is 367. The lowest BCUT2D eigenvalue weighted by atomic mass is 9.95. The molecule has 122 valence electrons. The zero-order valence-electron chi connectivity index (χ0n) is 13.3. The molecule has 2 unspecified atom stereocenters. The van der Waals surface area contributed by atoms with Crippen molar-refractivity contribution in [1.82, 2.24) is 9.80 Å². The van der Waals surface area contributed by atoms with Crippen LogP contribution in [0.4, 0.5) is 9.32 Å². The van der Waals surface area contributed by atoms with Crippen molar-refractivity contribution in [3.8, 4) is 0 Å². The molecule has 0 radical (unpaired) electrons. The standard InChI is InChI=1S/C15H27FN2O3/c1-12(2)9-17(3)14(19)20-10-13-5-7-15(11-21-16)6-4-8-18(13)15/h12-13H,4-11H2,1-3H3. The average molecular weight is 302 g/mol. The predicted molar refractivity (Wildman–Crippen MR) is 77.6 cm³/mol. The van der Waals surface area contributed by atoms with Gasteiger partial charge in [-0.25, -0.2) is 4.79 Å². The van der Waals surface area contributed by atoms with Gasteiger partial charge in [0.25, 0.3) is 0 Å². The number of ether oxygens (including phenoxy) is 1. The molecule has 2 rings (SSSR count). The predicted octanol–water partition coefficient (Wildman–Crippen LogP) is 2.61. The normalized spacial score (nSPS) is 28.9. The van der Waals surface area contributed by atoms with Crippen LogP contribution in [0.1, 0.15) is 39.5 Å². The summed E-state index contributed by atoms with van der Waals surface area (Å²) in [7, 11) is 1.76. The number of carbonyl (C=O) groups is 1. The Balaban J connectivity index is 1.83. The molecule has 0 aromatic heterocycles. The number of hydrogen-bond donors (Lipinski definition) is 0. The Morgan fingerprint density at radius 3 is 2.90 bits per heavy atom.